The number of aliphatic hydroxyl groups excluding tert-OH is 2. The quantitative estimate of drug-likeness (QED) is 0.297. The van der Waals surface area contributed by atoms with Gasteiger partial charge in [-0.3, -0.25) is 4.79 Å². The van der Waals surface area contributed by atoms with Crippen LogP contribution >= 0.6 is 0 Å². The summed E-state index contributed by atoms with van der Waals surface area (Å²) in [5, 5.41) is 30.7. The molecule has 0 fully saturated rings. The topological polar surface area (TPSA) is 171 Å². The first-order valence-electron chi connectivity index (χ1n) is 10.7. The third-order valence-electron chi connectivity index (χ3n) is 5.28. The molecule has 0 saturated carbocycles. The van der Waals surface area contributed by atoms with Crippen LogP contribution in [0.1, 0.15) is 42.6 Å². The van der Waals surface area contributed by atoms with E-state index in [1.54, 1.807) is 13.8 Å². The zero-order valence-corrected chi connectivity index (χ0v) is 20.1. The Bertz CT molecular complexity index is 1030. The molecule has 0 spiro atoms. The summed E-state index contributed by atoms with van der Waals surface area (Å²) in [5.41, 5.74) is 0.0552. The number of hydrogen-bond acceptors (Lipinski definition) is 8. The van der Waals surface area contributed by atoms with Crippen LogP contribution in [-0.4, -0.2) is 77.3 Å². The molecule has 34 heavy (non-hydrogen) atoms. The number of phenolic OH excluding ortho intramolecular Hbond substituents is 1. The zero-order valence-electron chi connectivity index (χ0n) is 19.3. The average molecular weight is 501 g/mol. The van der Waals surface area contributed by atoms with Gasteiger partial charge >= 0.3 is 5.97 Å². The summed E-state index contributed by atoms with van der Waals surface area (Å²) >= 11 is 0. The fourth-order valence-corrected chi connectivity index (χ4v) is 3.91. The van der Waals surface area contributed by atoms with Crippen molar-refractivity contribution >= 4 is 27.5 Å². The number of hydrogen-bond donors (Lipinski definition) is 5. The van der Waals surface area contributed by atoms with Crippen LogP contribution in [-0.2, 0) is 19.2 Å². The van der Waals surface area contributed by atoms with Gasteiger partial charge in [0.25, 0.3) is 0 Å². The summed E-state index contributed by atoms with van der Waals surface area (Å²) in [7, 11) is -4.65. The Kier molecular flexibility index (Phi) is 8.78. The van der Waals surface area contributed by atoms with Gasteiger partial charge in [0.2, 0.25) is 0 Å². The van der Waals surface area contributed by atoms with E-state index in [0.717, 1.165) is 12.3 Å². The van der Waals surface area contributed by atoms with Crippen molar-refractivity contribution in [3.05, 3.63) is 41.5 Å². The Morgan fingerprint density at radius 3 is 2.47 bits per heavy atom. The molecular formula is C23H32O10S. The molecule has 1 aliphatic rings. The number of phenols is 1. The molecule has 5 N–H and O–H groups in total. The second-order valence-electron chi connectivity index (χ2n) is 8.62. The van der Waals surface area contributed by atoms with Crippen LogP contribution in [0.2, 0.25) is 0 Å². The molecule has 1 aromatic carbocycles. The molecule has 0 radical (unpaired) electrons. The second-order valence-corrected chi connectivity index (χ2v) is 11.9. The van der Waals surface area contributed by atoms with Gasteiger partial charge < -0.3 is 33.9 Å². The van der Waals surface area contributed by atoms with Crippen LogP contribution in [0, 0.1) is 5.92 Å². The van der Waals surface area contributed by atoms with Gasteiger partial charge in [-0.1, -0.05) is 25.2 Å². The van der Waals surface area contributed by atoms with Crippen molar-refractivity contribution in [3.63, 3.8) is 0 Å². The number of carbonyl (C=O) groups excluding carboxylic acids is 2. The largest absolute Gasteiger partial charge is 0.507 e. The van der Waals surface area contributed by atoms with Gasteiger partial charge in [0.1, 0.15) is 29.3 Å². The summed E-state index contributed by atoms with van der Waals surface area (Å²) in [4.78, 5) is 24.9. The standard InChI is InChI=1S/C23H32O10S/c1-14-8-9-19(25)22(27)18(24)7-4-6-16-12-17(32-10-5-11-34(3,29,30)31)13-20(26)21(16)23(28)33-15(14)2/h4,6,8-9,12-15,18,22,24,26-27H,5,7,10-11H2,1-3H3,(H2,29,30,31)/b6-4+,9-8-/t14-,15-,18-,22-/m0/s1. The molecule has 0 saturated heterocycles. The predicted octanol–water partition coefficient (Wildman–Crippen LogP) is 2.00. The highest BCUT2D eigenvalue weighted by molar-refractivity contribution is 8.09. The lowest BCUT2D eigenvalue weighted by Gasteiger charge is -2.25. The van der Waals surface area contributed by atoms with E-state index < -0.39 is 57.1 Å². The minimum Gasteiger partial charge on any atom is -0.507 e. The number of benzene rings is 1. The lowest BCUT2D eigenvalue weighted by molar-refractivity contribution is -0.127. The van der Waals surface area contributed by atoms with Crippen LogP contribution in [0.3, 0.4) is 0 Å². The van der Waals surface area contributed by atoms with Crippen LogP contribution in [0.4, 0.5) is 0 Å². The summed E-state index contributed by atoms with van der Waals surface area (Å²) in [5.74, 6) is -2.58. The van der Waals surface area contributed by atoms with E-state index in [-0.39, 0.29) is 36.3 Å². The van der Waals surface area contributed by atoms with Crippen molar-refractivity contribution in [1.82, 2.24) is 0 Å². The maximum Gasteiger partial charge on any atom is 0.342 e. The predicted molar refractivity (Wildman–Crippen MR) is 126 cm³/mol. The number of aliphatic hydroxyl groups is 2. The van der Waals surface area contributed by atoms with E-state index in [1.165, 1.54) is 30.4 Å². The lowest BCUT2D eigenvalue weighted by atomic mass is 9.99. The third-order valence-corrected chi connectivity index (χ3v) is 6.51. The second kappa shape index (κ2) is 10.8. The summed E-state index contributed by atoms with van der Waals surface area (Å²) < 4.78 is 41.2. The van der Waals surface area contributed by atoms with E-state index in [0.29, 0.717) is 0 Å². The Labute approximate surface area is 198 Å². The molecule has 0 bridgehead atoms. The van der Waals surface area contributed by atoms with E-state index >= 15 is 0 Å². The first kappa shape index (κ1) is 27.7. The highest BCUT2D eigenvalue weighted by Crippen LogP contribution is 2.31. The van der Waals surface area contributed by atoms with Gasteiger partial charge in [0.05, 0.1) is 22.3 Å². The lowest BCUT2D eigenvalue weighted by Crippen LogP contribution is -2.33. The molecule has 10 nitrogen and oxygen atoms in total. The minimum atomic E-state index is -4.65. The Balaban J connectivity index is 2.35. The molecule has 1 aromatic rings. The first-order valence-corrected chi connectivity index (χ1v) is 13.2. The van der Waals surface area contributed by atoms with Gasteiger partial charge in [-0.2, -0.15) is 0 Å². The van der Waals surface area contributed by atoms with Crippen molar-refractivity contribution in [2.75, 3.05) is 18.6 Å². The van der Waals surface area contributed by atoms with Gasteiger partial charge in [0, 0.05) is 24.0 Å². The maximum atomic E-state index is 12.8. The van der Waals surface area contributed by atoms with Crippen molar-refractivity contribution in [1.29, 1.82) is 0 Å². The van der Waals surface area contributed by atoms with Gasteiger partial charge in [-0.25, -0.2) is 9.00 Å². The van der Waals surface area contributed by atoms with Crippen LogP contribution in [0.25, 0.3) is 6.08 Å². The molecule has 1 aliphatic heterocycles. The van der Waals surface area contributed by atoms with E-state index in [9.17, 15) is 38.2 Å². The number of esters is 1. The maximum absolute atomic E-state index is 12.8. The van der Waals surface area contributed by atoms with Gasteiger partial charge in [-0.05, 0) is 37.5 Å². The Morgan fingerprint density at radius 1 is 1.15 bits per heavy atom. The molecule has 2 rings (SSSR count). The molecule has 11 heteroatoms. The first-order chi connectivity index (χ1) is 15.6. The highest BCUT2D eigenvalue weighted by Gasteiger charge is 2.26. The molecule has 4 atom stereocenters. The number of aromatic hydroxyl groups is 1. The molecule has 0 amide bonds. The molecular weight excluding hydrogens is 468 g/mol. The van der Waals surface area contributed by atoms with E-state index in [1.807, 2.05) is 0 Å². The molecule has 0 aliphatic carbocycles. The van der Waals surface area contributed by atoms with Crippen molar-refractivity contribution in [3.8, 4) is 11.5 Å². The number of ether oxygens (including phenoxy) is 2. The normalized spacial score (nSPS) is 27.4. The summed E-state index contributed by atoms with van der Waals surface area (Å²) in [6.45, 7) is 3.26. The van der Waals surface area contributed by atoms with Gasteiger partial charge in [-0.15, -0.1) is 0 Å². The SMILES string of the molecule is C[C@@H]1OC(=O)c2c(O)cc(OCCCS(C)(=O)(O)O)cc2/C=C/C[C@H](O)[C@H](O)C(=O)/C=C\[C@@H]1C. The fourth-order valence-electron chi connectivity index (χ4n) is 3.13. The minimum absolute atomic E-state index is 0.0472. The molecule has 1 heterocycles. The van der Waals surface area contributed by atoms with E-state index in [4.69, 9.17) is 9.47 Å². The number of ketones is 1. The molecule has 0 aromatic heterocycles. The number of carbonyl (C=O) groups is 2. The Hall–Kier alpha value is -2.57. The summed E-state index contributed by atoms with van der Waals surface area (Å²) in [6, 6.07) is 2.63. The molecule has 0 unspecified atom stereocenters. The zero-order chi connectivity index (χ0) is 25.7. The highest BCUT2D eigenvalue weighted by atomic mass is 32.3. The van der Waals surface area contributed by atoms with E-state index in [2.05, 4.69) is 0 Å². The van der Waals surface area contributed by atoms with Crippen LogP contribution in [0.5, 0.6) is 11.5 Å². The molecule has 190 valence electrons. The summed E-state index contributed by atoms with van der Waals surface area (Å²) in [6.07, 6.45) is 2.51. The van der Waals surface area contributed by atoms with Crippen molar-refractivity contribution in [2.24, 2.45) is 5.92 Å². The van der Waals surface area contributed by atoms with Crippen LogP contribution in [0.15, 0.2) is 30.4 Å². The third kappa shape index (κ3) is 8.33. The number of fused-ring (bicyclic) bond motifs is 1. The number of cyclic esters (lactones) is 1. The average Bonchev–Trinajstić information content (AvgIpc) is 2.71. The van der Waals surface area contributed by atoms with Crippen LogP contribution < -0.4 is 4.74 Å². The fraction of sp³-hybridized carbons (Fsp3) is 0.478. The monoisotopic (exact) mass is 500 g/mol. The smallest absolute Gasteiger partial charge is 0.342 e. The van der Waals surface area contributed by atoms with Crippen molar-refractivity contribution < 1.29 is 47.7 Å². The van der Waals surface area contributed by atoms with Gasteiger partial charge in [0.15, 0.2) is 5.78 Å². The van der Waals surface area contributed by atoms with Crippen molar-refractivity contribution in [2.45, 2.75) is 45.0 Å². The number of rotatable bonds is 5. The Morgan fingerprint density at radius 2 is 1.82 bits per heavy atom.